The average molecular weight is 351 g/mol. The highest BCUT2D eigenvalue weighted by Crippen LogP contribution is 2.16. The molecule has 0 aliphatic carbocycles. The lowest BCUT2D eigenvalue weighted by molar-refractivity contribution is 0.0951. The lowest BCUT2D eigenvalue weighted by Crippen LogP contribution is -2.26. The monoisotopic (exact) mass is 351 g/mol. The Morgan fingerprint density at radius 2 is 1.96 bits per heavy atom. The predicted molar refractivity (Wildman–Crippen MR) is 103 cm³/mol. The van der Waals surface area contributed by atoms with Crippen molar-refractivity contribution in [3.05, 3.63) is 65.7 Å². The first-order valence-electron chi connectivity index (χ1n) is 8.95. The maximum atomic E-state index is 12.6. The van der Waals surface area contributed by atoms with Crippen molar-refractivity contribution >= 4 is 11.4 Å². The van der Waals surface area contributed by atoms with Gasteiger partial charge >= 0.3 is 0 Å². The fourth-order valence-electron chi connectivity index (χ4n) is 2.97. The van der Waals surface area contributed by atoms with Crippen molar-refractivity contribution in [3.8, 4) is 5.75 Å². The van der Waals surface area contributed by atoms with E-state index in [0.29, 0.717) is 18.2 Å². The zero-order valence-electron chi connectivity index (χ0n) is 15.5. The van der Waals surface area contributed by atoms with Crippen LogP contribution in [0.1, 0.15) is 35.7 Å². The van der Waals surface area contributed by atoms with Crippen LogP contribution in [0.4, 0.5) is 0 Å². The van der Waals surface area contributed by atoms with Crippen molar-refractivity contribution in [2.24, 2.45) is 5.92 Å². The van der Waals surface area contributed by atoms with Crippen LogP contribution in [-0.4, -0.2) is 28.9 Å². The van der Waals surface area contributed by atoms with E-state index in [0.717, 1.165) is 35.5 Å². The molecular formula is C21H25N3O2. The van der Waals surface area contributed by atoms with Gasteiger partial charge in [0.05, 0.1) is 12.6 Å². The van der Waals surface area contributed by atoms with E-state index in [1.54, 1.807) is 7.11 Å². The van der Waals surface area contributed by atoms with Gasteiger partial charge < -0.3 is 14.5 Å². The number of methoxy groups -OCH3 is 1. The molecule has 136 valence electrons. The number of hydrogen-bond acceptors (Lipinski definition) is 3. The molecule has 0 aliphatic rings. The van der Waals surface area contributed by atoms with Crippen LogP contribution < -0.4 is 10.1 Å². The van der Waals surface area contributed by atoms with Crippen molar-refractivity contribution in [3.63, 3.8) is 0 Å². The number of rotatable bonds is 7. The summed E-state index contributed by atoms with van der Waals surface area (Å²) in [6, 6.07) is 13.7. The molecule has 0 atom stereocenters. The molecule has 1 N–H and O–H groups in total. The highest BCUT2D eigenvalue weighted by atomic mass is 16.5. The zero-order valence-corrected chi connectivity index (χ0v) is 15.5. The molecule has 0 radical (unpaired) electrons. The Balaban J connectivity index is 1.69. The fraction of sp³-hybridized carbons (Fsp3) is 0.333. The van der Waals surface area contributed by atoms with Crippen molar-refractivity contribution in [2.45, 2.75) is 26.7 Å². The summed E-state index contributed by atoms with van der Waals surface area (Å²) in [5.41, 5.74) is 2.50. The number of aromatic nitrogens is 2. The average Bonchev–Trinajstić information content (AvgIpc) is 3.00. The van der Waals surface area contributed by atoms with Gasteiger partial charge in [-0.15, -0.1) is 0 Å². The second-order valence-corrected chi connectivity index (χ2v) is 6.78. The zero-order chi connectivity index (χ0) is 18.5. The summed E-state index contributed by atoms with van der Waals surface area (Å²) >= 11 is 0. The molecule has 2 aromatic heterocycles. The van der Waals surface area contributed by atoms with Crippen molar-refractivity contribution in [1.82, 2.24) is 14.7 Å². The number of amides is 1. The number of carbonyl (C=O) groups is 1. The van der Waals surface area contributed by atoms with Crippen molar-refractivity contribution < 1.29 is 9.53 Å². The number of nitrogens with zero attached hydrogens (tertiary/aromatic N) is 2. The Bertz CT molecular complexity index is 882. The summed E-state index contributed by atoms with van der Waals surface area (Å²) in [4.78, 5) is 17.3. The van der Waals surface area contributed by atoms with E-state index in [4.69, 9.17) is 4.74 Å². The van der Waals surface area contributed by atoms with Crippen LogP contribution >= 0.6 is 0 Å². The molecule has 0 unspecified atom stereocenters. The molecule has 3 aromatic rings. The quantitative estimate of drug-likeness (QED) is 0.709. The van der Waals surface area contributed by atoms with E-state index >= 15 is 0 Å². The molecule has 0 fully saturated rings. The van der Waals surface area contributed by atoms with Gasteiger partial charge in [0.15, 0.2) is 5.69 Å². The normalized spacial score (nSPS) is 11.1. The molecule has 5 heteroatoms. The summed E-state index contributed by atoms with van der Waals surface area (Å²) in [5, 5.41) is 2.99. The van der Waals surface area contributed by atoms with E-state index in [-0.39, 0.29) is 5.91 Å². The maximum absolute atomic E-state index is 12.6. The van der Waals surface area contributed by atoms with Gasteiger partial charge in [0.25, 0.3) is 5.91 Å². The smallest absolute Gasteiger partial charge is 0.272 e. The van der Waals surface area contributed by atoms with Crippen LogP contribution in [0.5, 0.6) is 5.75 Å². The number of nitrogens with one attached hydrogen (secondary N) is 1. The van der Waals surface area contributed by atoms with Gasteiger partial charge in [-0.1, -0.05) is 32.0 Å². The minimum absolute atomic E-state index is 0.128. The van der Waals surface area contributed by atoms with Gasteiger partial charge in [0.2, 0.25) is 0 Å². The molecule has 0 spiro atoms. The molecule has 5 nitrogen and oxygen atoms in total. The standard InChI is InChI=1S/C21H25N3O2/c1-15(2)14-19-23-20(18-6-4-5-13-24(18)19)21(25)22-12-11-16-7-9-17(26-3)10-8-16/h4-10,13,15H,11-12,14H2,1-3H3,(H,22,25). The number of pyridine rings is 1. The molecule has 3 rings (SSSR count). The van der Waals surface area contributed by atoms with Crippen LogP contribution in [0.25, 0.3) is 5.52 Å². The number of carbonyl (C=O) groups excluding carboxylic acids is 1. The van der Waals surface area contributed by atoms with Gasteiger partial charge in [-0.2, -0.15) is 0 Å². The molecule has 0 saturated heterocycles. The van der Waals surface area contributed by atoms with Gasteiger partial charge in [0.1, 0.15) is 11.6 Å². The minimum Gasteiger partial charge on any atom is -0.497 e. The number of fused-ring (bicyclic) bond motifs is 1. The van der Waals surface area contributed by atoms with Gasteiger partial charge in [-0.05, 0) is 42.2 Å². The van der Waals surface area contributed by atoms with Crippen LogP contribution in [0, 0.1) is 5.92 Å². The van der Waals surface area contributed by atoms with Gasteiger partial charge in [0, 0.05) is 19.2 Å². The Morgan fingerprint density at radius 3 is 2.65 bits per heavy atom. The summed E-state index contributed by atoms with van der Waals surface area (Å²) in [7, 11) is 1.65. The lowest BCUT2D eigenvalue weighted by Gasteiger charge is -2.05. The number of hydrogen-bond donors (Lipinski definition) is 1. The van der Waals surface area contributed by atoms with Crippen LogP contribution in [0.15, 0.2) is 48.7 Å². The topological polar surface area (TPSA) is 55.6 Å². The second-order valence-electron chi connectivity index (χ2n) is 6.78. The molecule has 0 saturated carbocycles. The first kappa shape index (κ1) is 18.0. The van der Waals surface area contributed by atoms with Crippen molar-refractivity contribution in [2.75, 3.05) is 13.7 Å². The summed E-state index contributed by atoms with van der Waals surface area (Å²) in [6.45, 7) is 4.87. The molecule has 0 aliphatic heterocycles. The van der Waals surface area contributed by atoms with Crippen LogP contribution in [0.3, 0.4) is 0 Å². The third-order valence-electron chi connectivity index (χ3n) is 4.29. The third kappa shape index (κ3) is 4.04. The minimum atomic E-state index is -0.128. The lowest BCUT2D eigenvalue weighted by atomic mass is 10.1. The SMILES string of the molecule is COc1ccc(CCNC(=O)c2nc(CC(C)C)n3ccccc23)cc1. The number of benzene rings is 1. The van der Waals surface area contributed by atoms with Crippen molar-refractivity contribution in [1.29, 1.82) is 0 Å². The predicted octanol–water partition coefficient (Wildman–Crippen LogP) is 3.51. The molecular weight excluding hydrogens is 326 g/mol. The van der Waals surface area contributed by atoms with Crippen LogP contribution in [-0.2, 0) is 12.8 Å². The highest BCUT2D eigenvalue weighted by molar-refractivity contribution is 5.99. The molecule has 1 amide bonds. The first-order chi connectivity index (χ1) is 12.6. The van der Waals surface area contributed by atoms with E-state index in [1.807, 2.05) is 53.1 Å². The van der Waals surface area contributed by atoms with E-state index in [1.165, 1.54) is 0 Å². The Morgan fingerprint density at radius 1 is 1.19 bits per heavy atom. The van der Waals surface area contributed by atoms with E-state index in [2.05, 4.69) is 24.1 Å². The first-order valence-corrected chi connectivity index (χ1v) is 8.95. The molecule has 26 heavy (non-hydrogen) atoms. The number of imidazole rings is 1. The summed E-state index contributed by atoms with van der Waals surface area (Å²) in [6.07, 6.45) is 3.57. The van der Waals surface area contributed by atoms with E-state index < -0.39 is 0 Å². The molecule has 2 heterocycles. The van der Waals surface area contributed by atoms with Crippen LogP contribution in [0.2, 0.25) is 0 Å². The Labute approximate surface area is 154 Å². The molecule has 1 aromatic carbocycles. The summed E-state index contributed by atoms with van der Waals surface area (Å²) in [5.74, 6) is 2.11. The van der Waals surface area contributed by atoms with Gasteiger partial charge in [-0.25, -0.2) is 4.98 Å². The number of ether oxygens (including phenoxy) is 1. The fourth-order valence-corrected chi connectivity index (χ4v) is 2.97. The highest BCUT2D eigenvalue weighted by Gasteiger charge is 2.17. The Hall–Kier alpha value is -2.82. The maximum Gasteiger partial charge on any atom is 0.272 e. The third-order valence-corrected chi connectivity index (χ3v) is 4.29. The summed E-state index contributed by atoms with van der Waals surface area (Å²) < 4.78 is 7.17. The Kier molecular flexibility index (Phi) is 5.56. The largest absolute Gasteiger partial charge is 0.497 e. The second kappa shape index (κ2) is 8.04. The van der Waals surface area contributed by atoms with Gasteiger partial charge in [-0.3, -0.25) is 4.79 Å². The van der Waals surface area contributed by atoms with E-state index in [9.17, 15) is 4.79 Å². The molecule has 0 bridgehead atoms.